The first-order valence-electron chi connectivity index (χ1n) is 9.88. The van der Waals surface area contributed by atoms with Crippen LogP contribution in [0, 0.1) is 5.92 Å². The molecule has 0 N–H and O–H groups in total. The SMILES string of the molecule is CC(C)N(C(=O)C1CCCN(c2ncccc2C(F)(F)F)C1)C1CCCC1. The highest BCUT2D eigenvalue weighted by Crippen LogP contribution is 2.37. The normalized spacial score (nSPS) is 21.7. The zero-order valence-corrected chi connectivity index (χ0v) is 16.0. The van der Waals surface area contributed by atoms with E-state index in [2.05, 4.69) is 4.98 Å². The van der Waals surface area contributed by atoms with Gasteiger partial charge in [-0.25, -0.2) is 4.98 Å². The number of amides is 1. The van der Waals surface area contributed by atoms with Crippen LogP contribution in [0.25, 0.3) is 0 Å². The Bertz CT molecular complexity index is 656. The van der Waals surface area contributed by atoms with E-state index in [1.54, 1.807) is 4.90 Å². The van der Waals surface area contributed by atoms with Gasteiger partial charge in [0.2, 0.25) is 5.91 Å². The van der Waals surface area contributed by atoms with Gasteiger partial charge in [-0.2, -0.15) is 13.2 Å². The maximum atomic E-state index is 13.4. The van der Waals surface area contributed by atoms with Gasteiger partial charge in [0.05, 0.1) is 11.5 Å². The molecule has 0 aromatic carbocycles. The lowest BCUT2D eigenvalue weighted by Gasteiger charge is -2.40. The van der Waals surface area contributed by atoms with E-state index in [9.17, 15) is 18.0 Å². The maximum Gasteiger partial charge on any atom is 0.419 e. The number of hydrogen-bond acceptors (Lipinski definition) is 3. The molecule has 1 atom stereocenters. The van der Waals surface area contributed by atoms with Crippen molar-refractivity contribution in [3.63, 3.8) is 0 Å². The van der Waals surface area contributed by atoms with Crippen LogP contribution in [-0.2, 0) is 11.0 Å². The second kappa shape index (κ2) is 8.07. The lowest BCUT2D eigenvalue weighted by atomic mass is 9.94. The van der Waals surface area contributed by atoms with E-state index in [1.807, 2.05) is 18.7 Å². The molecule has 3 rings (SSSR count). The zero-order chi connectivity index (χ0) is 19.6. The third kappa shape index (κ3) is 4.38. The van der Waals surface area contributed by atoms with Crippen molar-refractivity contribution >= 4 is 11.7 Å². The molecule has 4 nitrogen and oxygen atoms in total. The van der Waals surface area contributed by atoms with Crippen molar-refractivity contribution in [1.29, 1.82) is 0 Å². The van der Waals surface area contributed by atoms with E-state index >= 15 is 0 Å². The molecule has 2 aliphatic rings. The maximum absolute atomic E-state index is 13.4. The molecule has 1 saturated carbocycles. The van der Waals surface area contributed by atoms with Crippen LogP contribution >= 0.6 is 0 Å². The van der Waals surface area contributed by atoms with Gasteiger partial charge in [-0.1, -0.05) is 12.8 Å². The van der Waals surface area contributed by atoms with Crippen LogP contribution in [-0.4, -0.2) is 41.0 Å². The first-order valence-corrected chi connectivity index (χ1v) is 9.88. The summed E-state index contributed by atoms with van der Waals surface area (Å²) < 4.78 is 40.1. The van der Waals surface area contributed by atoms with Gasteiger partial charge in [0.25, 0.3) is 0 Å². The predicted molar refractivity (Wildman–Crippen MR) is 98.4 cm³/mol. The molecule has 1 aliphatic heterocycles. The van der Waals surface area contributed by atoms with Gasteiger partial charge in [0.15, 0.2) is 0 Å². The molecule has 2 fully saturated rings. The summed E-state index contributed by atoms with van der Waals surface area (Å²) >= 11 is 0. The Kier molecular flexibility index (Phi) is 5.96. The fourth-order valence-electron chi connectivity index (χ4n) is 4.49. The molecule has 1 aromatic heterocycles. The molecule has 27 heavy (non-hydrogen) atoms. The smallest absolute Gasteiger partial charge is 0.355 e. The van der Waals surface area contributed by atoms with Gasteiger partial charge in [-0.05, 0) is 51.7 Å². The molecule has 0 bridgehead atoms. The average Bonchev–Trinajstić information content (AvgIpc) is 3.15. The van der Waals surface area contributed by atoms with E-state index < -0.39 is 11.7 Å². The second-order valence-electron chi connectivity index (χ2n) is 7.94. The van der Waals surface area contributed by atoms with Crippen molar-refractivity contribution in [3.8, 4) is 0 Å². The first-order chi connectivity index (χ1) is 12.8. The molecular formula is C20H28F3N3O. The molecule has 150 valence electrons. The van der Waals surface area contributed by atoms with Gasteiger partial charge in [-0.3, -0.25) is 4.79 Å². The molecule has 1 aromatic rings. The van der Waals surface area contributed by atoms with Crippen molar-refractivity contribution in [2.24, 2.45) is 5.92 Å². The Labute approximate surface area is 158 Å². The third-order valence-electron chi connectivity index (χ3n) is 5.69. The van der Waals surface area contributed by atoms with Crippen LogP contribution in [0.5, 0.6) is 0 Å². The van der Waals surface area contributed by atoms with Crippen molar-refractivity contribution in [2.75, 3.05) is 18.0 Å². The zero-order valence-electron chi connectivity index (χ0n) is 16.0. The summed E-state index contributed by atoms with van der Waals surface area (Å²) in [7, 11) is 0. The fourth-order valence-corrected chi connectivity index (χ4v) is 4.49. The number of carbonyl (C=O) groups excluding carboxylic acids is 1. The Morgan fingerprint density at radius 3 is 2.56 bits per heavy atom. The van der Waals surface area contributed by atoms with Crippen molar-refractivity contribution in [1.82, 2.24) is 9.88 Å². The first kappa shape index (κ1) is 20.0. The molecule has 0 spiro atoms. The van der Waals surface area contributed by atoms with Crippen molar-refractivity contribution in [2.45, 2.75) is 70.6 Å². The lowest BCUT2D eigenvalue weighted by Crippen LogP contribution is -2.50. The van der Waals surface area contributed by atoms with E-state index in [1.165, 1.54) is 12.3 Å². The topological polar surface area (TPSA) is 36.4 Å². The predicted octanol–water partition coefficient (Wildman–Crippen LogP) is 4.50. The number of hydrogen-bond donors (Lipinski definition) is 0. The summed E-state index contributed by atoms with van der Waals surface area (Å²) in [6, 6.07) is 2.75. The average molecular weight is 383 g/mol. The highest BCUT2D eigenvalue weighted by molar-refractivity contribution is 5.80. The fraction of sp³-hybridized carbons (Fsp3) is 0.700. The Balaban J connectivity index is 1.79. The Morgan fingerprint density at radius 1 is 1.22 bits per heavy atom. The summed E-state index contributed by atoms with van der Waals surface area (Å²) in [6.45, 7) is 4.85. The molecule has 1 aliphatic carbocycles. The molecule has 1 saturated heterocycles. The summed E-state index contributed by atoms with van der Waals surface area (Å²) in [4.78, 5) is 20.9. The number of aromatic nitrogens is 1. The second-order valence-corrected chi connectivity index (χ2v) is 7.94. The highest BCUT2D eigenvalue weighted by Gasteiger charge is 2.39. The van der Waals surface area contributed by atoms with Crippen LogP contribution in [0.4, 0.5) is 19.0 Å². The van der Waals surface area contributed by atoms with Gasteiger partial charge >= 0.3 is 6.18 Å². The van der Waals surface area contributed by atoms with Gasteiger partial charge in [0.1, 0.15) is 5.82 Å². The quantitative estimate of drug-likeness (QED) is 0.768. The number of rotatable bonds is 4. The van der Waals surface area contributed by atoms with E-state index in [0.29, 0.717) is 19.5 Å². The number of carbonyl (C=O) groups is 1. The third-order valence-corrected chi connectivity index (χ3v) is 5.69. The Morgan fingerprint density at radius 2 is 1.93 bits per heavy atom. The number of halogens is 3. The largest absolute Gasteiger partial charge is 0.419 e. The minimum absolute atomic E-state index is 0.0561. The van der Waals surface area contributed by atoms with Gasteiger partial charge in [-0.15, -0.1) is 0 Å². The van der Waals surface area contributed by atoms with Crippen LogP contribution in [0.1, 0.15) is 57.9 Å². The number of nitrogens with zero attached hydrogens (tertiary/aromatic N) is 3. The molecular weight excluding hydrogens is 355 g/mol. The summed E-state index contributed by atoms with van der Waals surface area (Å²) in [5, 5.41) is 0. The van der Waals surface area contributed by atoms with Crippen molar-refractivity contribution in [3.05, 3.63) is 23.9 Å². The van der Waals surface area contributed by atoms with Crippen LogP contribution < -0.4 is 4.90 Å². The Hall–Kier alpha value is -1.79. The molecule has 1 unspecified atom stereocenters. The van der Waals surface area contributed by atoms with Gasteiger partial charge < -0.3 is 9.80 Å². The summed E-state index contributed by atoms with van der Waals surface area (Å²) in [5.41, 5.74) is -0.727. The molecule has 2 heterocycles. The molecule has 1 amide bonds. The van der Waals surface area contributed by atoms with E-state index in [0.717, 1.165) is 38.2 Å². The standard InChI is InChI=1S/C20H28F3N3O/c1-14(2)26(16-8-3-4-9-16)19(27)15-7-6-12-25(13-15)18-17(20(21,22)23)10-5-11-24-18/h5,10-11,14-16H,3-4,6-9,12-13H2,1-2H3. The molecule has 7 heteroatoms. The summed E-state index contributed by atoms with van der Waals surface area (Å²) in [6.07, 6.45) is 2.68. The minimum Gasteiger partial charge on any atom is -0.355 e. The monoisotopic (exact) mass is 383 g/mol. The summed E-state index contributed by atoms with van der Waals surface area (Å²) in [5.74, 6) is -0.240. The minimum atomic E-state index is -4.45. The van der Waals surface area contributed by atoms with Crippen LogP contribution in [0.3, 0.4) is 0 Å². The number of anilines is 1. The van der Waals surface area contributed by atoms with E-state index in [4.69, 9.17) is 0 Å². The molecule has 0 radical (unpaired) electrons. The number of pyridine rings is 1. The highest BCUT2D eigenvalue weighted by atomic mass is 19.4. The van der Waals surface area contributed by atoms with Crippen LogP contribution in [0.15, 0.2) is 18.3 Å². The van der Waals surface area contributed by atoms with Gasteiger partial charge in [0, 0.05) is 31.4 Å². The number of alkyl halides is 3. The number of piperidine rings is 1. The lowest BCUT2D eigenvalue weighted by molar-refractivity contribution is -0.140. The van der Waals surface area contributed by atoms with Crippen molar-refractivity contribution < 1.29 is 18.0 Å². The van der Waals surface area contributed by atoms with Crippen LogP contribution in [0.2, 0.25) is 0 Å². The van der Waals surface area contributed by atoms with E-state index in [-0.39, 0.29) is 29.7 Å².